The van der Waals surface area contributed by atoms with E-state index >= 15 is 0 Å². The number of nitrogens with zero attached hydrogens (tertiary/aromatic N) is 1. The Balaban J connectivity index is 2.01. The summed E-state index contributed by atoms with van der Waals surface area (Å²) in [5, 5.41) is 8.63. The fourth-order valence-electron chi connectivity index (χ4n) is 1.86. The molecule has 6 nitrogen and oxygen atoms in total. The highest BCUT2D eigenvalue weighted by molar-refractivity contribution is 5.88. The number of nitrogens with one attached hydrogen (secondary N) is 3. The topological polar surface area (TPSA) is 75.3 Å². The molecule has 1 aromatic carbocycles. The second kappa shape index (κ2) is 7.31. The van der Waals surface area contributed by atoms with Gasteiger partial charge in [-0.25, -0.2) is 9.78 Å². The molecule has 2 rings (SSSR count). The van der Waals surface area contributed by atoms with Gasteiger partial charge >= 0.3 is 6.03 Å². The van der Waals surface area contributed by atoms with Gasteiger partial charge in [0.2, 0.25) is 0 Å². The number of anilines is 3. The number of amides is 2. The number of hydrogen-bond donors (Lipinski definition) is 3. The number of carbonyl (C=O) groups excluding carboxylic acids is 1. The van der Waals surface area contributed by atoms with Gasteiger partial charge in [-0.15, -0.1) is 0 Å². The van der Waals surface area contributed by atoms with Crippen LogP contribution < -0.4 is 20.7 Å². The van der Waals surface area contributed by atoms with Gasteiger partial charge in [-0.3, -0.25) is 5.32 Å². The van der Waals surface area contributed by atoms with Crippen LogP contribution in [0.15, 0.2) is 42.6 Å². The number of benzene rings is 1. The number of carbonyl (C=O) groups is 1. The van der Waals surface area contributed by atoms with E-state index in [2.05, 4.69) is 20.9 Å². The number of urea groups is 1. The van der Waals surface area contributed by atoms with Crippen LogP contribution in [0.3, 0.4) is 0 Å². The zero-order chi connectivity index (χ0) is 15.9. The average molecular weight is 300 g/mol. The molecule has 0 bridgehead atoms. The number of aromatic nitrogens is 1. The molecule has 116 valence electrons. The molecule has 0 saturated carbocycles. The molecule has 2 amide bonds. The maximum Gasteiger partial charge on any atom is 0.320 e. The summed E-state index contributed by atoms with van der Waals surface area (Å²) in [6.07, 6.45) is 1.65. The average Bonchev–Trinajstić information content (AvgIpc) is 2.49. The van der Waals surface area contributed by atoms with E-state index in [-0.39, 0.29) is 12.1 Å². The summed E-state index contributed by atoms with van der Waals surface area (Å²) in [6, 6.07) is 11.0. The summed E-state index contributed by atoms with van der Waals surface area (Å²) in [6.45, 7) is 3.79. The predicted octanol–water partition coefficient (Wildman–Crippen LogP) is 3.36. The van der Waals surface area contributed by atoms with Gasteiger partial charge in [0.1, 0.15) is 11.6 Å². The number of methoxy groups -OCH3 is 1. The lowest BCUT2D eigenvalue weighted by Crippen LogP contribution is -2.34. The number of ether oxygens (including phenoxy) is 1. The second-order valence-corrected chi connectivity index (χ2v) is 5.01. The molecule has 0 fully saturated rings. The molecule has 2 aromatic rings. The zero-order valence-corrected chi connectivity index (χ0v) is 12.9. The van der Waals surface area contributed by atoms with Crippen LogP contribution in [0.2, 0.25) is 0 Å². The third-order valence-electron chi connectivity index (χ3n) is 2.81. The Morgan fingerprint density at radius 3 is 2.59 bits per heavy atom. The summed E-state index contributed by atoms with van der Waals surface area (Å²) in [4.78, 5) is 15.8. The highest BCUT2D eigenvalue weighted by Crippen LogP contribution is 2.26. The molecule has 0 saturated heterocycles. The molecule has 1 aromatic heterocycles. The fraction of sp³-hybridized carbons (Fsp3) is 0.250. The summed E-state index contributed by atoms with van der Waals surface area (Å²) in [7, 11) is 1.62. The lowest BCUT2D eigenvalue weighted by Gasteiger charge is -2.12. The molecule has 6 heteroatoms. The maximum absolute atomic E-state index is 11.6. The van der Waals surface area contributed by atoms with Gasteiger partial charge in [0, 0.05) is 6.04 Å². The standard InChI is InChI=1S/C16H20N4O2/c1-11(2)18-16(21)20-15-9-8-12(10-17-15)19-13-6-4-5-7-14(13)22-3/h4-11,19H,1-3H3,(H2,17,18,20,21). The zero-order valence-electron chi connectivity index (χ0n) is 12.9. The van der Waals surface area contributed by atoms with Crippen LogP contribution in [0.1, 0.15) is 13.8 Å². The molecule has 22 heavy (non-hydrogen) atoms. The van der Waals surface area contributed by atoms with Crippen molar-refractivity contribution in [2.24, 2.45) is 0 Å². The third kappa shape index (κ3) is 4.37. The molecule has 0 unspecified atom stereocenters. The van der Waals surface area contributed by atoms with Crippen molar-refractivity contribution in [3.63, 3.8) is 0 Å². The Bertz CT molecular complexity index is 626. The van der Waals surface area contributed by atoms with Crippen molar-refractivity contribution in [3.05, 3.63) is 42.6 Å². The van der Waals surface area contributed by atoms with E-state index < -0.39 is 0 Å². The van der Waals surface area contributed by atoms with Crippen LogP contribution in [-0.4, -0.2) is 24.2 Å². The number of hydrogen-bond acceptors (Lipinski definition) is 4. The molecular weight excluding hydrogens is 280 g/mol. The Morgan fingerprint density at radius 2 is 1.95 bits per heavy atom. The molecule has 1 heterocycles. The fourth-order valence-corrected chi connectivity index (χ4v) is 1.86. The van der Waals surface area contributed by atoms with Crippen molar-refractivity contribution in [2.75, 3.05) is 17.7 Å². The number of para-hydroxylation sites is 2. The largest absolute Gasteiger partial charge is 0.495 e. The normalized spacial score (nSPS) is 10.2. The van der Waals surface area contributed by atoms with E-state index in [9.17, 15) is 4.79 Å². The minimum Gasteiger partial charge on any atom is -0.495 e. The van der Waals surface area contributed by atoms with Crippen LogP contribution in [0.5, 0.6) is 5.75 Å². The molecule has 0 aliphatic rings. The van der Waals surface area contributed by atoms with Crippen molar-refractivity contribution >= 4 is 23.2 Å². The lowest BCUT2D eigenvalue weighted by atomic mass is 10.3. The van der Waals surface area contributed by atoms with Crippen LogP contribution in [0.4, 0.5) is 22.0 Å². The highest BCUT2D eigenvalue weighted by Gasteiger charge is 2.05. The van der Waals surface area contributed by atoms with Crippen LogP contribution in [0, 0.1) is 0 Å². The first-order chi connectivity index (χ1) is 10.6. The lowest BCUT2D eigenvalue weighted by molar-refractivity contribution is 0.250. The van der Waals surface area contributed by atoms with E-state index in [1.165, 1.54) is 0 Å². The SMILES string of the molecule is COc1ccccc1Nc1ccc(NC(=O)NC(C)C)nc1. The van der Waals surface area contributed by atoms with Crippen molar-refractivity contribution in [1.29, 1.82) is 0 Å². The van der Waals surface area contributed by atoms with Gasteiger partial charge in [-0.05, 0) is 38.1 Å². The van der Waals surface area contributed by atoms with Crippen molar-refractivity contribution in [3.8, 4) is 5.75 Å². The minimum absolute atomic E-state index is 0.0754. The highest BCUT2D eigenvalue weighted by atomic mass is 16.5. The van der Waals surface area contributed by atoms with Crippen LogP contribution in [0.25, 0.3) is 0 Å². The van der Waals surface area contributed by atoms with Gasteiger partial charge in [0.15, 0.2) is 0 Å². The Kier molecular flexibility index (Phi) is 5.19. The van der Waals surface area contributed by atoms with Gasteiger partial charge < -0.3 is 15.4 Å². The first kappa shape index (κ1) is 15.6. The van der Waals surface area contributed by atoms with E-state index in [0.29, 0.717) is 5.82 Å². The Morgan fingerprint density at radius 1 is 1.18 bits per heavy atom. The van der Waals surface area contributed by atoms with Crippen molar-refractivity contribution in [2.45, 2.75) is 19.9 Å². The number of rotatable bonds is 5. The van der Waals surface area contributed by atoms with Crippen molar-refractivity contribution < 1.29 is 9.53 Å². The van der Waals surface area contributed by atoms with E-state index in [1.54, 1.807) is 19.4 Å². The Hall–Kier alpha value is -2.76. The summed E-state index contributed by atoms with van der Waals surface area (Å²) in [5.41, 5.74) is 1.66. The molecule has 0 radical (unpaired) electrons. The summed E-state index contributed by atoms with van der Waals surface area (Å²) in [5.74, 6) is 1.24. The van der Waals surface area contributed by atoms with Gasteiger partial charge in [-0.1, -0.05) is 12.1 Å². The van der Waals surface area contributed by atoms with Gasteiger partial charge in [0.25, 0.3) is 0 Å². The maximum atomic E-state index is 11.6. The predicted molar refractivity (Wildman–Crippen MR) is 87.8 cm³/mol. The van der Waals surface area contributed by atoms with E-state index in [4.69, 9.17) is 4.74 Å². The molecular formula is C16H20N4O2. The molecule has 0 atom stereocenters. The molecule has 3 N–H and O–H groups in total. The third-order valence-corrected chi connectivity index (χ3v) is 2.81. The first-order valence-electron chi connectivity index (χ1n) is 7.02. The summed E-state index contributed by atoms with van der Waals surface area (Å²) < 4.78 is 5.28. The quantitative estimate of drug-likeness (QED) is 0.791. The smallest absolute Gasteiger partial charge is 0.320 e. The van der Waals surface area contributed by atoms with Crippen LogP contribution in [-0.2, 0) is 0 Å². The monoisotopic (exact) mass is 300 g/mol. The molecule has 0 spiro atoms. The number of pyridine rings is 1. The Labute approximate surface area is 129 Å². The van der Waals surface area contributed by atoms with Gasteiger partial charge in [0.05, 0.1) is 24.7 Å². The molecule has 0 aliphatic carbocycles. The molecule has 0 aliphatic heterocycles. The van der Waals surface area contributed by atoms with Crippen molar-refractivity contribution in [1.82, 2.24) is 10.3 Å². The summed E-state index contributed by atoms with van der Waals surface area (Å²) >= 11 is 0. The van der Waals surface area contributed by atoms with E-state index in [1.807, 2.05) is 44.2 Å². The van der Waals surface area contributed by atoms with Crippen LogP contribution >= 0.6 is 0 Å². The minimum atomic E-state index is -0.270. The first-order valence-corrected chi connectivity index (χ1v) is 7.02. The second-order valence-electron chi connectivity index (χ2n) is 5.01. The van der Waals surface area contributed by atoms with E-state index in [0.717, 1.165) is 17.1 Å². The van der Waals surface area contributed by atoms with Gasteiger partial charge in [-0.2, -0.15) is 0 Å².